The molecule has 0 bridgehead atoms. The number of thiazole rings is 1. The average Bonchev–Trinajstić information content (AvgIpc) is 2.83. The van der Waals surface area contributed by atoms with Crippen molar-refractivity contribution in [3.8, 4) is 10.6 Å². The second-order valence-electron chi connectivity index (χ2n) is 5.12. The number of aromatic carboxylic acids is 1. The number of hydrogen-bond acceptors (Lipinski definition) is 3. The van der Waals surface area contributed by atoms with Crippen molar-refractivity contribution in [2.45, 2.75) is 39.5 Å². The standard InChI is InChI=1S/C16H19NO2S/c1-4-5-13-14(16(18)19)17-15(20-13)12-8-6-11(7-9-12)10(2)3/h6-10H,4-5H2,1-3H3,(H,18,19). The Labute approximate surface area is 123 Å². The van der Waals surface area contributed by atoms with Crippen LogP contribution in [0.3, 0.4) is 0 Å². The van der Waals surface area contributed by atoms with Gasteiger partial charge in [0.05, 0.1) is 0 Å². The van der Waals surface area contributed by atoms with Gasteiger partial charge in [-0.2, -0.15) is 0 Å². The summed E-state index contributed by atoms with van der Waals surface area (Å²) in [5.74, 6) is -0.444. The second kappa shape index (κ2) is 6.18. The number of aromatic nitrogens is 1. The highest BCUT2D eigenvalue weighted by Crippen LogP contribution is 2.30. The molecule has 1 aromatic carbocycles. The van der Waals surface area contributed by atoms with Crippen LogP contribution in [0.1, 0.15) is 54.0 Å². The first-order valence-electron chi connectivity index (χ1n) is 6.86. The van der Waals surface area contributed by atoms with Gasteiger partial charge in [-0.05, 0) is 17.9 Å². The third-order valence-electron chi connectivity index (χ3n) is 3.20. The predicted octanol–water partition coefficient (Wildman–Crippen LogP) is 4.58. The molecule has 0 saturated carbocycles. The predicted molar refractivity (Wildman–Crippen MR) is 82.6 cm³/mol. The van der Waals surface area contributed by atoms with Crippen molar-refractivity contribution in [2.75, 3.05) is 0 Å². The van der Waals surface area contributed by atoms with Gasteiger partial charge in [0.1, 0.15) is 5.01 Å². The summed E-state index contributed by atoms with van der Waals surface area (Å²) in [5.41, 5.74) is 2.47. The lowest BCUT2D eigenvalue weighted by Gasteiger charge is -2.05. The first kappa shape index (κ1) is 14.7. The van der Waals surface area contributed by atoms with E-state index in [2.05, 4.69) is 31.0 Å². The number of carbonyl (C=O) groups is 1. The van der Waals surface area contributed by atoms with Gasteiger partial charge in [0.25, 0.3) is 0 Å². The molecule has 0 aliphatic rings. The fourth-order valence-corrected chi connectivity index (χ4v) is 3.21. The molecule has 3 nitrogen and oxygen atoms in total. The number of carboxylic acid groups (broad SMARTS) is 1. The Morgan fingerprint density at radius 2 is 1.95 bits per heavy atom. The normalized spacial score (nSPS) is 11.0. The maximum atomic E-state index is 11.2. The lowest BCUT2D eigenvalue weighted by atomic mass is 10.0. The Morgan fingerprint density at radius 1 is 1.30 bits per heavy atom. The van der Waals surface area contributed by atoms with Crippen molar-refractivity contribution < 1.29 is 9.90 Å². The molecule has 0 atom stereocenters. The molecule has 1 heterocycles. The maximum absolute atomic E-state index is 11.2. The molecule has 1 N–H and O–H groups in total. The molecule has 0 amide bonds. The van der Waals surface area contributed by atoms with Gasteiger partial charge < -0.3 is 5.11 Å². The Kier molecular flexibility index (Phi) is 4.55. The molecule has 0 unspecified atom stereocenters. The van der Waals surface area contributed by atoms with Crippen molar-refractivity contribution in [1.29, 1.82) is 0 Å². The minimum Gasteiger partial charge on any atom is -0.476 e. The molecule has 1 aromatic heterocycles. The van der Waals surface area contributed by atoms with E-state index < -0.39 is 5.97 Å². The van der Waals surface area contributed by atoms with Crippen LogP contribution in [0.25, 0.3) is 10.6 Å². The van der Waals surface area contributed by atoms with Gasteiger partial charge in [-0.3, -0.25) is 0 Å². The average molecular weight is 289 g/mol. The summed E-state index contributed by atoms with van der Waals surface area (Å²) < 4.78 is 0. The molecule has 106 valence electrons. The monoisotopic (exact) mass is 289 g/mol. The Balaban J connectivity index is 2.37. The second-order valence-corrected chi connectivity index (χ2v) is 6.21. The van der Waals surface area contributed by atoms with Crippen molar-refractivity contribution in [2.24, 2.45) is 0 Å². The van der Waals surface area contributed by atoms with Gasteiger partial charge in [0, 0.05) is 10.4 Å². The zero-order chi connectivity index (χ0) is 14.7. The minimum atomic E-state index is -0.935. The van der Waals surface area contributed by atoms with Crippen LogP contribution in [0, 0.1) is 0 Å². The zero-order valence-corrected chi connectivity index (χ0v) is 12.8. The van der Waals surface area contributed by atoms with E-state index in [4.69, 9.17) is 0 Å². The number of benzene rings is 1. The van der Waals surface area contributed by atoms with E-state index >= 15 is 0 Å². The molecule has 0 radical (unpaired) electrons. The largest absolute Gasteiger partial charge is 0.476 e. The third-order valence-corrected chi connectivity index (χ3v) is 4.37. The molecule has 0 aliphatic heterocycles. The molecule has 0 saturated heterocycles. The summed E-state index contributed by atoms with van der Waals surface area (Å²) in [4.78, 5) is 16.4. The Bertz CT molecular complexity index is 599. The van der Waals surface area contributed by atoms with Gasteiger partial charge in [0.2, 0.25) is 0 Å². The van der Waals surface area contributed by atoms with E-state index in [0.29, 0.717) is 5.92 Å². The number of hydrogen-bond donors (Lipinski definition) is 1. The molecular weight excluding hydrogens is 270 g/mol. The topological polar surface area (TPSA) is 50.2 Å². The van der Waals surface area contributed by atoms with Crippen LogP contribution in [-0.4, -0.2) is 16.1 Å². The van der Waals surface area contributed by atoms with Crippen molar-refractivity contribution in [3.05, 3.63) is 40.4 Å². The molecule has 4 heteroatoms. The van der Waals surface area contributed by atoms with E-state index in [0.717, 1.165) is 28.3 Å². The van der Waals surface area contributed by atoms with Gasteiger partial charge >= 0.3 is 5.97 Å². The highest BCUT2D eigenvalue weighted by Gasteiger charge is 2.17. The van der Waals surface area contributed by atoms with Gasteiger partial charge in [-0.1, -0.05) is 51.5 Å². The van der Waals surface area contributed by atoms with E-state index in [1.807, 2.05) is 19.1 Å². The van der Waals surface area contributed by atoms with Gasteiger partial charge in [0.15, 0.2) is 5.69 Å². The molecule has 2 aromatic rings. The highest BCUT2D eigenvalue weighted by atomic mass is 32.1. The summed E-state index contributed by atoms with van der Waals surface area (Å²) in [6, 6.07) is 8.22. The zero-order valence-electron chi connectivity index (χ0n) is 12.0. The van der Waals surface area contributed by atoms with E-state index in [1.54, 1.807) is 0 Å². The lowest BCUT2D eigenvalue weighted by molar-refractivity contribution is 0.0690. The van der Waals surface area contributed by atoms with Crippen LogP contribution < -0.4 is 0 Å². The maximum Gasteiger partial charge on any atom is 0.355 e. The van der Waals surface area contributed by atoms with E-state index in [1.165, 1.54) is 16.9 Å². The highest BCUT2D eigenvalue weighted by molar-refractivity contribution is 7.15. The summed E-state index contributed by atoms with van der Waals surface area (Å²) in [5, 5.41) is 10.0. The molecule has 0 fully saturated rings. The molecule has 0 spiro atoms. The molecular formula is C16H19NO2S. The molecule has 2 rings (SSSR count). The van der Waals surface area contributed by atoms with Crippen molar-refractivity contribution >= 4 is 17.3 Å². The number of rotatable bonds is 5. The van der Waals surface area contributed by atoms with Gasteiger partial charge in [-0.15, -0.1) is 11.3 Å². The first-order valence-corrected chi connectivity index (χ1v) is 7.68. The summed E-state index contributed by atoms with van der Waals surface area (Å²) in [7, 11) is 0. The SMILES string of the molecule is CCCc1sc(-c2ccc(C(C)C)cc2)nc1C(=O)O. The van der Waals surface area contributed by atoms with Crippen molar-refractivity contribution in [1.82, 2.24) is 4.98 Å². The Morgan fingerprint density at radius 3 is 2.45 bits per heavy atom. The summed E-state index contributed by atoms with van der Waals surface area (Å²) >= 11 is 1.49. The number of nitrogens with zero attached hydrogens (tertiary/aromatic N) is 1. The summed E-state index contributed by atoms with van der Waals surface area (Å²) in [6.07, 6.45) is 1.69. The Hall–Kier alpha value is -1.68. The van der Waals surface area contributed by atoms with Crippen molar-refractivity contribution in [3.63, 3.8) is 0 Å². The van der Waals surface area contributed by atoms with Crippen LogP contribution in [0.2, 0.25) is 0 Å². The van der Waals surface area contributed by atoms with E-state index in [-0.39, 0.29) is 5.69 Å². The fraction of sp³-hybridized carbons (Fsp3) is 0.375. The van der Waals surface area contributed by atoms with Crippen LogP contribution in [-0.2, 0) is 6.42 Å². The fourth-order valence-electron chi connectivity index (χ4n) is 2.05. The van der Waals surface area contributed by atoms with Crippen LogP contribution in [0.5, 0.6) is 0 Å². The number of carboxylic acids is 1. The van der Waals surface area contributed by atoms with Gasteiger partial charge in [-0.25, -0.2) is 9.78 Å². The summed E-state index contributed by atoms with van der Waals surface area (Å²) in [6.45, 7) is 6.35. The first-order chi connectivity index (χ1) is 9.52. The quantitative estimate of drug-likeness (QED) is 0.876. The van der Waals surface area contributed by atoms with Crippen LogP contribution in [0.15, 0.2) is 24.3 Å². The minimum absolute atomic E-state index is 0.208. The molecule has 0 aliphatic carbocycles. The molecule has 20 heavy (non-hydrogen) atoms. The van der Waals surface area contributed by atoms with Crippen LogP contribution >= 0.6 is 11.3 Å². The van der Waals surface area contributed by atoms with E-state index in [9.17, 15) is 9.90 Å². The van der Waals surface area contributed by atoms with Crippen LogP contribution in [0.4, 0.5) is 0 Å². The lowest BCUT2D eigenvalue weighted by Crippen LogP contribution is -2.00. The smallest absolute Gasteiger partial charge is 0.355 e. The number of aryl methyl sites for hydroxylation is 1. The third kappa shape index (κ3) is 3.07.